The molecule has 0 aliphatic heterocycles. The molecule has 3 aromatic rings. The number of aromatic nitrogens is 1. The van der Waals surface area contributed by atoms with Gasteiger partial charge in [-0.2, -0.15) is 0 Å². The summed E-state index contributed by atoms with van der Waals surface area (Å²) >= 11 is 7.09. The quantitative estimate of drug-likeness (QED) is 0.543. The highest BCUT2D eigenvalue weighted by Crippen LogP contribution is 2.21. The van der Waals surface area contributed by atoms with Crippen molar-refractivity contribution in [2.75, 3.05) is 27.2 Å². The zero-order valence-corrected chi connectivity index (χ0v) is 18.7. The van der Waals surface area contributed by atoms with E-state index in [4.69, 9.17) is 11.6 Å². The van der Waals surface area contributed by atoms with Gasteiger partial charge in [-0.15, -0.1) is 11.3 Å². The largest absolute Gasteiger partial charge is 0.349 e. The number of thiophene rings is 1. The third kappa shape index (κ3) is 6.27. The lowest BCUT2D eigenvalue weighted by Gasteiger charge is -2.23. The third-order valence-electron chi connectivity index (χ3n) is 4.46. The van der Waals surface area contributed by atoms with Crippen LogP contribution in [0.1, 0.15) is 20.0 Å². The van der Waals surface area contributed by atoms with E-state index in [0.29, 0.717) is 27.0 Å². The van der Waals surface area contributed by atoms with Gasteiger partial charge in [0, 0.05) is 36.6 Å². The topological polar surface area (TPSA) is 83.4 Å². The molecule has 7 nitrogen and oxygen atoms in total. The molecule has 0 saturated heterocycles. The molecule has 0 saturated carbocycles. The summed E-state index contributed by atoms with van der Waals surface area (Å²) in [6.45, 7) is 0.824. The molecule has 0 fully saturated rings. The van der Waals surface area contributed by atoms with Crippen LogP contribution in [0.5, 0.6) is 0 Å². The highest BCUT2D eigenvalue weighted by atomic mass is 35.5. The summed E-state index contributed by atoms with van der Waals surface area (Å²) in [6, 6.07) is 14.8. The van der Waals surface area contributed by atoms with Gasteiger partial charge in [-0.3, -0.25) is 19.0 Å². The molecule has 0 bridgehead atoms. The van der Waals surface area contributed by atoms with Crippen molar-refractivity contribution in [3.8, 4) is 5.69 Å². The number of rotatable bonds is 8. The number of amides is 2. The van der Waals surface area contributed by atoms with Crippen molar-refractivity contribution in [2.24, 2.45) is 0 Å². The maximum absolute atomic E-state index is 12.7. The summed E-state index contributed by atoms with van der Waals surface area (Å²) in [7, 11) is 3.79. The highest BCUT2D eigenvalue weighted by molar-refractivity contribution is 7.17. The van der Waals surface area contributed by atoms with Gasteiger partial charge in [0.1, 0.15) is 0 Å². The molecule has 2 amide bonds. The number of benzene rings is 1. The Hall–Kier alpha value is -2.94. The van der Waals surface area contributed by atoms with E-state index in [9.17, 15) is 14.4 Å². The predicted molar refractivity (Wildman–Crippen MR) is 124 cm³/mol. The van der Waals surface area contributed by atoms with Crippen LogP contribution in [0.2, 0.25) is 4.34 Å². The molecule has 2 heterocycles. The first-order chi connectivity index (χ1) is 14.8. The fraction of sp³-hybridized carbons (Fsp3) is 0.227. The van der Waals surface area contributed by atoms with Crippen LogP contribution in [-0.4, -0.2) is 54.5 Å². The normalized spacial score (nSPS) is 11.9. The van der Waals surface area contributed by atoms with E-state index in [0.717, 1.165) is 0 Å². The van der Waals surface area contributed by atoms with E-state index >= 15 is 0 Å². The average molecular weight is 459 g/mol. The predicted octanol–water partition coefficient (Wildman–Crippen LogP) is 2.64. The monoisotopic (exact) mass is 458 g/mol. The lowest BCUT2D eigenvalue weighted by atomic mass is 10.1. The smallest absolute Gasteiger partial charge is 0.261 e. The summed E-state index contributed by atoms with van der Waals surface area (Å²) in [6.07, 6.45) is 1.67. The Labute approximate surface area is 189 Å². The number of pyridine rings is 1. The number of nitrogens with one attached hydrogen (secondary N) is 2. The summed E-state index contributed by atoms with van der Waals surface area (Å²) < 4.78 is 2.05. The molecule has 2 aromatic heterocycles. The minimum absolute atomic E-state index is 0.145. The van der Waals surface area contributed by atoms with E-state index in [1.165, 1.54) is 22.0 Å². The second kappa shape index (κ2) is 10.4. The molecule has 1 atom stereocenters. The van der Waals surface area contributed by atoms with Crippen molar-refractivity contribution < 1.29 is 9.59 Å². The Bertz CT molecular complexity index is 1110. The Morgan fingerprint density at radius 1 is 1.06 bits per heavy atom. The standard InChI is InChI=1S/C22H23ClN4O3S/c1-26(2)14-16(13-24-22(30)18-10-11-19(23)31-18)25-21(29)15-6-8-17(9-7-15)27-12-4-3-5-20(27)28/h3-12,16H,13-14H2,1-2H3,(H,24,30)(H,25,29). The molecule has 162 valence electrons. The second-order valence-corrected chi connectivity index (χ2v) is 8.92. The first-order valence-electron chi connectivity index (χ1n) is 9.61. The van der Waals surface area contributed by atoms with Crippen molar-refractivity contribution >= 4 is 34.8 Å². The number of likely N-dealkylation sites (N-methyl/N-ethyl adjacent to an activating group) is 1. The Morgan fingerprint density at radius 2 is 1.81 bits per heavy atom. The SMILES string of the molecule is CN(C)CC(CNC(=O)c1ccc(Cl)s1)NC(=O)c1ccc(-n2ccccc2=O)cc1. The molecule has 0 aliphatic carbocycles. The number of hydrogen-bond donors (Lipinski definition) is 2. The molecule has 3 rings (SSSR count). The maximum atomic E-state index is 12.7. The molecular formula is C22H23ClN4O3S. The second-order valence-electron chi connectivity index (χ2n) is 7.20. The highest BCUT2D eigenvalue weighted by Gasteiger charge is 2.17. The van der Waals surface area contributed by atoms with Gasteiger partial charge in [-0.25, -0.2) is 0 Å². The van der Waals surface area contributed by atoms with Crippen LogP contribution in [0.15, 0.2) is 65.6 Å². The van der Waals surface area contributed by atoms with Crippen LogP contribution in [-0.2, 0) is 0 Å². The Morgan fingerprint density at radius 3 is 2.42 bits per heavy atom. The van der Waals surface area contributed by atoms with Gasteiger partial charge in [0.2, 0.25) is 0 Å². The lowest BCUT2D eigenvalue weighted by Crippen LogP contribution is -2.48. The van der Waals surface area contributed by atoms with Crippen molar-refractivity contribution in [2.45, 2.75) is 6.04 Å². The van der Waals surface area contributed by atoms with Crippen molar-refractivity contribution in [1.29, 1.82) is 0 Å². The number of nitrogens with zero attached hydrogens (tertiary/aromatic N) is 2. The molecule has 0 spiro atoms. The molecular weight excluding hydrogens is 436 g/mol. The number of carbonyl (C=O) groups excluding carboxylic acids is 2. The Balaban J connectivity index is 1.65. The molecule has 1 aromatic carbocycles. The minimum atomic E-state index is -0.293. The van der Waals surface area contributed by atoms with Crippen molar-refractivity contribution in [1.82, 2.24) is 20.1 Å². The number of hydrogen-bond acceptors (Lipinski definition) is 5. The molecule has 31 heavy (non-hydrogen) atoms. The van der Waals surface area contributed by atoms with Gasteiger partial charge in [0.25, 0.3) is 17.4 Å². The van der Waals surface area contributed by atoms with Crippen molar-refractivity contribution in [3.63, 3.8) is 0 Å². The van der Waals surface area contributed by atoms with Crippen LogP contribution in [0, 0.1) is 0 Å². The van der Waals surface area contributed by atoms with E-state index in [-0.39, 0.29) is 30.0 Å². The van der Waals surface area contributed by atoms with Crippen LogP contribution in [0.3, 0.4) is 0 Å². The van der Waals surface area contributed by atoms with E-state index in [2.05, 4.69) is 10.6 Å². The molecule has 0 aliphatic rings. The zero-order valence-electron chi connectivity index (χ0n) is 17.2. The van der Waals surface area contributed by atoms with Gasteiger partial charge in [0.15, 0.2) is 0 Å². The van der Waals surface area contributed by atoms with Gasteiger partial charge in [-0.05, 0) is 56.6 Å². The van der Waals surface area contributed by atoms with E-state index in [1.807, 2.05) is 19.0 Å². The van der Waals surface area contributed by atoms with Gasteiger partial charge in [-0.1, -0.05) is 17.7 Å². The van der Waals surface area contributed by atoms with E-state index < -0.39 is 0 Å². The van der Waals surface area contributed by atoms with Crippen LogP contribution < -0.4 is 16.2 Å². The molecule has 0 radical (unpaired) electrons. The Kier molecular flexibility index (Phi) is 7.62. The summed E-state index contributed by atoms with van der Waals surface area (Å²) in [4.78, 5) is 39.4. The number of halogens is 1. The first kappa shape index (κ1) is 22.7. The van der Waals surface area contributed by atoms with Crippen LogP contribution in [0.25, 0.3) is 5.69 Å². The summed E-state index contributed by atoms with van der Waals surface area (Å²) in [5.74, 6) is -0.486. The number of carbonyl (C=O) groups is 2. The third-order valence-corrected chi connectivity index (χ3v) is 5.69. The lowest BCUT2D eigenvalue weighted by molar-refractivity contribution is 0.0903. The maximum Gasteiger partial charge on any atom is 0.261 e. The summed E-state index contributed by atoms with van der Waals surface area (Å²) in [5.41, 5.74) is 0.996. The van der Waals surface area contributed by atoms with Gasteiger partial charge < -0.3 is 15.5 Å². The van der Waals surface area contributed by atoms with Crippen molar-refractivity contribution in [3.05, 3.63) is 85.9 Å². The van der Waals surface area contributed by atoms with E-state index in [1.54, 1.807) is 54.7 Å². The molecule has 9 heteroatoms. The minimum Gasteiger partial charge on any atom is -0.349 e. The van der Waals surface area contributed by atoms with Gasteiger partial charge >= 0.3 is 0 Å². The van der Waals surface area contributed by atoms with Gasteiger partial charge in [0.05, 0.1) is 15.3 Å². The fourth-order valence-electron chi connectivity index (χ4n) is 3.02. The van der Waals surface area contributed by atoms with Crippen LogP contribution in [0.4, 0.5) is 0 Å². The molecule has 2 N–H and O–H groups in total. The zero-order chi connectivity index (χ0) is 22.4. The summed E-state index contributed by atoms with van der Waals surface area (Å²) in [5, 5.41) is 5.81. The average Bonchev–Trinajstić information content (AvgIpc) is 3.18. The first-order valence-corrected chi connectivity index (χ1v) is 10.8. The van der Waals surface area contributed by atoms with Crippen LogP contribution >= 0.6 is 22.9 Å². The fourth-order valence-corrected chi connectivity index (χ4v) is 3.98. The molecule has 1 unspecified atom stereocenters.